The zero-order chi connectivity index (χ0) is 13.3. The van der Waals surface area contributed by atoms with Crippen LogP contribution in [0, 0.1) is 0 Å². The number of ether oxygens (including phenoxy) is 1. The lowest BCUT2D eigenvalue weighted by Crippen LogP contribution is -2.52. The second kappa shape index (κ2) is 5.38. The molecule has 4 unspecified atom stereocenters. The summed E-state index contributed by atoms with van der Waals surface area (Å²) in [7, 11) is 1.94. The highest BCUT2D eigenvalue weighted by molar-refractivity contribution is 5.14. The van der Waals surface area contributed by atoms with E-state index in [9.17, 15) is 0 Å². The summed E-state index contributed by atoms with van der Waals surface area (Å²) in [6.07, 6.45) is 4.24. The molecule has 0 bridgehead atoms. The van der Waals surface area contributed by atoms with E-state index in [-0.39, 0.29) is 18.2 Å². The van der Waals surface area contributed by atoms with Crippen molar-refractivity contribution in [3.05, 3.63) is 18.0 Å². The van der Waals surface area contributed by atoms with E-state index in [2.05, 4.69) is 37.0 Å². The van der Waals surface area contributed by atoms with Gasteiger partial charge in [0.2, 0.25) is 0 Å². The monoisotopic (exact) mass is 252 g/mol. The third kappa shape index (κ3) is 2.74. The smallest absolute Gasteiger partial charge is 0.0675 e. The second-order valence-corrected chi connectivity index (χ2v) is 5.44. The first-order chi connectivity index (χ1) is 8.49. The topological polar surface area (TPSA) is 56.3 Å². The number of rotatable bonds is 3. The van der Waals surface area contributed by atoms with Gasteiger partial charge in [0, 0.05) is 37.4 Å². The average Bonchev–Trinajstić information content (AvgIpc) is 2.70. The molecule has 0 saturated carbocycles. The molecule has 1 aromatic rings. The highest BCUT2D eigenvalue weighted by Crippen LogP contribution is 2.28. The summed E-state index contributed by atoms with van der Waals surface area (Å²) < 4.78 is 7.52. The predicted molar refractivity (Wildman–Crippen MR) is 71.2 cm³/mol. The second-order valence-electron chi connectivity index (χ2n) is 5.44. The molecular formula is C13H24N4O. The average molecular weight is 252 g/mol. The first-order valence-electron chi connectivity index (χ1n) is 6.60. The van der Waals surface area contributed by atoms with Crippen LogP contribution < -0.4 is 5.73 Å². The summed E-state index contributed by atoms with van der Waals surface area (Å²) in [5, 5.41) is 4.26. The maximum Gasteiger partial charge on any atom is 0.0675 e. The summed E-state index contributed by atoms with van der Waals surface area (Å²) in [6, 6.07) is 0.666. The molecule has 1 aliphatic rings. The fraction of sp³-hybridized carbons (Fsp3) is 0.769. The minimum absolute atomic E-state index is 0.0712. The van der Waals surface area contributed by atoms with Crippen LogP contribution >= 0.6 is 0 Å². The Labute approximate surface area is 109 Å². The van der Waals surface area contributed by atoms with Crippen molar-refractivity contribution in [2.75, 3.05) is 13.2 Å². The lowest BCUT2D eigenvalue weighted by atomic mass is 9.99. The lowest BCUT2D eigenvalue weighted by molar-refractivity contribution is -0.0697. The van der Waals surface area contributed by atoms with Crippen LogP contribution in [0.1, 0.15) is 32.4 Å². The summed E-state index contributed by atoms with van der Waals surface area (Å²) >= 11 is 0. The maximum absolute atomic E-state index is 6.20. The number of nitrogens with two attached hydrogens (primary N) is 1. The largest absolute Gasteiger partial charge is 0.376 e. The van der Waals surface area contributed by atoms with Crippen LogP contribution in [0.25, 0.3) is 0 Å². The molecule has 0 radical (unpaired) electrons. The molecule has 102 valence electrons. The van der Waals surface area contributed by atoms with Gasteiger partial charge in [-0.2, -0.15) is 5.10 Å². The molecule has 0 spiro atoms. The number of aryl methyl sites for hydroxylation is 1. The van der Waals surface area contributed by atoms with Crippen molar-refractivity contribution in [3.63, 3.8) is 0 Å². The lowest BCUT2D eigenvalue weighted by Gasteiger charge is -2.43. The molecule has 0 amide bonds. The molecule has 2 heterocycles. The molecule has 0 aliphatic carbocycles. The Bertz CT molecular complexity index is 390. The van der Waals surface area contributed by atoms with Crippen molar-refractivity contribution < 1.29 is 4.74 Å². The summed E-state index contributed by atoms with van der Waals surface area (Å²) in [5.41, 5.74) is 7.39. The molecule has 1 fully saturated rings. The molecule has 18 heavy (non-hydrogen) atoms. The highest BCUT2D eigenvalue weighted by Gasteiger charge is 2.33. The first kappa shape index (κ1) is 13.5. The number of hydrogen-bond donors (Lipinski definition) is 1. The molecule has 2 rings (SSSR count). The highest BCUT2D eigenvalue weighted by atomic mass is 16.5. The van der Waals surface area contributed by atoms with Gasteiger partial charge in [0.05, 0.1) is 24.9 Å². The van der Waals surface area contributed by atoms with Gasteiger partial charge in [0.1, 0.15) is 0 Å². The predicted octanol–water partition coefficient (Wildman–Crippen LogP) is 0.918. The number of aromatic nitrogens is 2. The van der Waals surface area contributed by atoms with E-state index in [0.29, 0.717) is 6.04 Å². The fourth-order valence-electron chi connectivity index (χ4n) is 2.71. The van der Waals surface area contributed by atoms with Gasteiger partial charge in [-0.3, -0.25) is 9.58 Å². The van der Waals surface area contributed by atoms with Crippen LogP contribution in [0.4, 0.5) is 0 Å². The molecule has 1 aromatic heterocycles. The third-order valence-corrected chi connectivity index (χ3v) is 3.58. The summed E-state index contributed by atoms with van der Waals surface area (Å²) in [5.74, 6) is 0. The number of nitrogens with zero attached hydrogens (tertiary/aromatic N) is 3. The van der Waals surface area contributed by atoms with Crippen LogP contribution in [-0.2, 0) is 11.8 Å². The van der Waals surface area contributed by atoms with E-state index >= 15 is 0 Å². The standard InChI is InChI=1S/C13H24N4O/c1-9-8-18-10(2)6-17(9)13(11(3)14)12-5-15-16(4)7-12/h5,7,9-11,13H,6,8,14H2,1-4H3. The van der Waals surface area contributed by atoms with Gasteiger partial charge < -0.3 is 10.5 Å². The quantitative estimate of drug-likeness (QED) is 0.869. The first-order valence-corrected chi connectivity index (χ1v) is 6.60. The minimum Gasteiger partial charge on any atom is -0.376 e. The van der Waals surface area contributed by atoms with E-state index in [1.807, 2.05) is 17.9 Å². The minimum atomic E-state index is 0.0712. The van der Waals surface area contributed by atoms with Gasteiger partial charge in [-0.15, -0.1) is 0 Å². The van der Waals surface area contributed by atoms with E-state index < -0.39 is 0 Å². The Morgan fingerprint density at radius 3 is 2.78 bits per heavy atom. The maximum atomic E-state index is 6.20. The van der Waals surface area contributed by atoms with Gasteiger partial charge in [-0.1, -0.05) is 0 Å². The van der Waals surface area contributed by atoms with E-state index in [4.69, 9.17) is 10.5 Å². The molecule has 1 aliphatic heterocycles. The van der Waals surface area contributed by atoms with E-state index in [1.54, 1.807) is 0 Å². The Hall–Kier alpha value is -0.910. The van der Waals surface area contributed by atoms with Crippen LogP contribution in [0.2, 0.25) is 0 Å². The van der Waals surface area contributed by atoms with Gasteiger partial charge in [-0.05, 0) is 20.8 Å². The molecule has 1 saturated heterocycles. The van der Waals surface area contributed by atoms with Crippen molar-refractivity contribution in [1.29, 1.82) is 0 Å². The normalized spacial score (nSPS) is 29.2. The Balaban J connectivity index is 2.24. The van der Waals surface area contributed by atoms with Crippen molar-refractivity contribution in [2.45, 2.75) is 45.0 Å². The molecule has 4 atom stereocenters. The van der Waals surface area contributed by atoms with Crippen molar-refractivity contribution in [3.8, 4) is 0 Å². The summed E-state index contributed by atoms with van der Waals surface area (Å²) in [4.78, 5) is 2.44. The van der Waals surface area contributed by atoms with Gasteiger partial charge in [0.15, 0.2) is 0 Å². The Morgan fingerprint density at radius 2 is 2.22 bits per heavy atom. The number of morpholine rings is 1. The molecule has 0 aromatic carbocycles. The molecular weight excluding hydrogens is 228 g/mol. The fourth-order valence-corrected chi connectivity index (χ4v) is 2.71. The van der Waals surface area contributed by atoms with Crippen molar-refractivity contribution >= 4 is 0 Å². The number of hydrogen-bond acceptors (Lipinski definition) is 4. The van der Waals surface area contributed by atoms with Crippen LogP contribution in [-0.4, -0.2) is 46.0 Å². The van der Waals surface area contributed by atoms with Gasteiger partial charge in [0.25, 0.3) is 0 Å². The molecule has 5 nitrogen and oxygen atoms in total. The van der Waals surface area contributed by atoms with Gasteiger partial charge in [-0.25, -0.2) is 0 Å². The summed E-state index contributed by atoms with van der Waals surface area (Å²) in [6.45, 7) is 8.05. The van der Waals surface area contributed by atoms with Crippen LogP contribution in [0.5, 0.6) is 0 Å². The Morgan fingerprint density at radius 1 is 1.50 bits per heavy atom. The van der Waals surface area contributed by atoms with Gasteiger partial charge >= 0.3 is 0 Å². The zero-order valence-electron chi connectivity index (χ0n) is 11.7. The third-order valence-electron chi connectivity index (χ3n) is 3.58. The molecule has 5 heteroatoms. The van der Waals surface area contributed by atoms with Crippen molar-refractivity contribution in [1.82, 2.24) is 14.7 Å². The van der Waals surface area contributed by atoms with Crippen molar-refractivity contribution in [2.24, 2.45) is 12.8 Å². The van der Waals surface area contributed by atoms with Crippen LogP contribution in [0.3, 0.4) is 0 Å². The van der Waals surface area contributed by atoms with E-state index in [1.165, 1.54) is 5.56 Å². The zero-order valence-corrected chi connectivity index (χ0v) is 11.7. The SMILES string of the molecule is CC1CN(C(c2cnn(C)c2)C(C)N)C(C)CO1. The van der Waals surface area contributed by atoms with Crippen LogP contribution in [0.15, 0.2) is 12.4 Å². The molecule has 2 N–H and O–H groups in total. The van der Waals surface area contributed by atoms with E-state index in [0.717, 1.165) is 13.2 Å². The Kier molecular flexibility index (Phi) is 4.04.